The third kappa shape index (κ3) is 4.34. The molecule has 1 saturated heterocycles. The molecule has 160 valence electrons. The van der Waals surface area contributed by atoms with E-state index in [2.05, 4.69) is 15.3 Å². The molecule has 3 aromatic rings. The van der Waals surface area contributed by atoms with E-state index in [1.165, 1.54) is 7.11 Å². The molecule has 0 spiro atoms. The number of hydrogen-bond donors (Lipinski definition) is 1. The van der Waals surface area contributed by atoms with E-state index in [0.717, 1.165) is 11.1 Å². The van der Waals surface area contributed by atoms with Crippen molar-refractivity contribution in [2.24, 2.45) is 5.16 Å². The van der Waals surface area contributed by atoms with Gasteiger partial charge in [0, 0.05) is 12.0 Å². The Hall–Kier alpha value is -3.52. The van der Waals surface area contributed by atoms with Gasteiger partial charge in [0.25, 0.3) is 5.91 Å². The number of aliphatic hydroxyl groups excluding tert-OH is 1. The van der Waals surface area contributed by atoms with Crippen LogP contribution in [0.1, 0.15) is 54.0 Å². The molecule has 1 fully saturated rings. The van der Waals surface area contributed by atoms with Crippen molar-refractivity contribution < 1.29 is 19.3 Å². The van der Waals surface area contributed by atoms with Crippen LogP contribution in [0.3, 0.4) is 0 Å². The van der Waals surface area contributed by atoms with E-state index >= 15 is 0 Å². The summed E-state index contributed by atoms with van der Waals surface area (Å²) in [7, 11) is 1.47. The summed E-state index contributed by atoms with van der Waals surface area (Å²) in [6.07, 6.45) is 0.0859. The number of nitrogens with zero attached hydrogens (tertiary/aromatic N) is 4. The molecule has 0 bridgehead atoms. The van der Waals surface area contributed by atoms with Gasteiger partial charge in [0.1, 0.15) is 19.3 Å². The van der Waals surface area contributed by atoms with Crippen LogP contribution in [0.2, 0.25) is 0 Å². The Morgan fingerprint density at radius 2 is 1.94 bits per heavy atom. The van der Waals surface area contributed by atoms with Crippen LogP contribution < -0.4 is 0 Å². The van der Waals surface area contributed by atoms with Gasteiger partial charge in [-0.15, -0.1) is 0 Å². The van der Waals surface area contributed by atoms with Gasteiger partial charge in [-0.3, -0.25) is 4.79 Å². The molecule has 1 aromatic heterocycles. The zero-order valence-electron chi connectivity index (χ0n) is 17.4. The average Bonchev–Trinajstić information content (AvgIpc) is 3.46. The third-order valence-electron chi connectivity index (χ3n) is 5.31. The third-order valence-corrected chi connectivity index (χ3v) is 5.31. The van der Waals surface area contributed by atoms with Gasteiger partial charge in [0.2, 0.25) is 5.89 Å². The van der Waals surface area contributed by atoms with Crippen LogP contribution in [0.25, 0.3) is 11.1 Å². The Bertz CT molecular complexity index is 1060. The van der Waals surface area contributed by atoms with E-state index in [4.69, 9.17) is 9.36 Å². The summed E-state index contributed by atoms with van der Waals surface area (Å²) in [6, 6.07) is 17.0. The molecule has 2 heterocycles. The van der Waals surface area contributed by atoms with Gasteiger partial charge in [-0.25, -0.2) is 0 Å². The molecule has 0 radical (unpaired) electrons. The average molecular weight is 420 g/mol. The standard InChI is InChI=1S/C23H24N4O4/c1-3-20(28)21-24-22(31-26-21)19-13-18(25-30-2)14-27(19)23(29)17-11-9-16(10-12-17)15-7-5-4-6-8-15/h4-12,19-20,28H,3,13-14H2,1-2H3. The second kappa shape index (κ2) is 9.09. The number of amides is 1. The first kappa shape index (κ1) is 20.7. The zero-order chi connectivity index (χ0) is 21.8. The molecular weight excluding hydrogens is 396 g/mol. The molecule has 8 nitrogen and oxygen atoms in total. The molecule has 4 rings (SSSR count). The predicted octanol–water partition coefficient (Wildman–Crippen LogP) is 3.77. The molecule has 1 N–H and O–H groups in total. The smallest absolute Gasteiger partial charge is 0.254 e. The van der Waals surface area contributed by atoms with Crippen molar-refractivity contribution in [3.63, 3.8) is 0 Å². The largest absolute Gasteiger partial charge is 0.399 e. The highest BCUT2D eigenvalue weighted by molar-refractivity contribution is 6.00. The molecule has 1 aliphatic rings. The van der Waals surface area contributed by atoms with Crippen molar-refractivity contribution in [1.82, 2.24) is 15.0 Å². The van der Waals surface area contributed by atoms with E-state index < -0.39 is 12.1 Å². The number of likely N-dealkylation sites (tertiary alicyclic amines) is 1. The molecule has 2 atom stereocenters. The highest BCUT2D eigenvalue weighted by Crippen LogP contribution is 2.32. The summed E-state index contributed by atoms with van der Waals surface area (Å²) in [4.78, 5) is 24.2. The Balaban J connectivity index is 1.60. The number of benzene rings is 2. The number of rotatable bonds is 6. The van der Waals surface area contributed by atoms with Crippen molar-refractivity contribution >= 4 is 11.6 Å². The maximum atomic E-state index is 13.3. The van der Waals surface area contributed by atoms with Gasteiger partial charge in [-0.1, -0.05) is 59.7 Å². The van der Waals surface area contributed by atoms with Gasteiger partial charge in [-0.05, 0) is 29.7 Å². The lowest BCUT2D eigenvalue weighted by Gasteiger charge is -2.21. The lowest BCUT2D eigenvalue weighted by atomic mass is 10.0. The van der Waals surface area contributed by atoms with Crippen molar-refractivity contribution in [2.75, 3.05) is 13.7 Å². The van der Waals surface area contributed by atoms with E-state index in [0.29, 0.717) is 30.7 Å². The molecule has 8 heteroatoms. The minimum absolute atomic E-state index is 0.165. The highest BCUT2D eigenvalue weighted by Gasteiger charge is 2.38. The number of carbonyl (C=O) groups is 1. The van der Waals surface area contributed by atoms with Crippen molar-refractivity contribution in [3.05, 3.63) is 71.9 Å². The number of aliphatic hydroxyl groups is 1. The quantitative estimate of drug-likeness (QED) is 0.609. The van der Waals surface area contributed by atoms with Crippen LogP contribution in [0.4, 0.5) is 0 Å². The zero-order valence-corrected chi connectivity index (χ0v) is 17.4. The maximum absolute atomic E-state index is 13.3. The van der Waals surface area contributed by atoms with Crippen LogP contribution >= 0.6 is 0 Å². The summed E-state index contributed by atoms with van der Waals surface area (Å²) in [5.74, 6) is 0.328. The first-order chi connectivity index (χ1) is 15.1. The minimum Gasteiger partial charge on any atom is -0.399 e. The summed E-state index contributed by atoms with van der Waals surface area (Å²) in [5.41, 5.74) is 3.38. The molecule has 0 saturated carbocycles. The van der Waals surface area contributed by atoms with Gasteiger partial charge >= 0.3 is 0 Å². The van der Waals surface area contributed by atoms with Crippen molar-refractivity contribution in [3.8, 4) is 11.1 Å². The van der Waals surface area contributed by atoms with Gasteiger partial charge in [0.05, 0.1) is 12.3 Å². The monoisotopic (exact) mass is 420 g/mol. The lowest BCUT2D eigenvalue weighted by Crippen LogP contribution is -2.31. The highest BCUT2D eigenvalue weighted by atomic mass is 16.6. The number of hydrogen-bond acceptors (Lipinski definition) is 7. The van der Waals surface area contributed by atoms with Gasteiger partial charge in [-0.2, -0.15) is 4.98 Å². The fourth-order valence-corrected chi connectivity index (χ4v) is 3.64. The van der Waals surface area contributed by atoms with Gasteiger partial charge < -0.3 is 19.4 Å². The van der Waals surface area contributed by atoms with E-state index in [-0.39, 0.29) is 17.6 Å². The SMILES string of the molecule is CCC(O)c1noc(C2CC(=NOC)CN2C(=O)c2ccc(-c3ccccc3)cc2)n1. The number of carbonyl (C=O) groups excluding carboxylic acids is 1. The Morgan fingerprint density at radius 1 is 1.23 bits per heavy atom. The number of aromatic nitrogens is 2. The Labute approximate surface area is 180 Å². The van der Waals surface area contributed by atoms with Crippen molar-refractivity contribution in [2.45, 2.75) is 31.9 Å². The van der Waals surface area contributed by atoms with Crippen LogP contribution in [0.5, 0.6) is 0 Å². The van der Waals surface area contributed by atoms with Crippen molar-refractivity contribution in [1.29, 1.82) is 0 Å². The fraction of sp³-hybridized carbons (Fsp3) is 0.304. The van der Waals surface area contributed by atoms with E-state index in [1.807, 2.05) is 61.5 Å². The topological polar surface area (TPSA) is 101 Å². The molecule has 1 aliphatic heterocycles. The molecule has 1 amide bonds. The first-order valence-corrected chi connectivity index (χ1v) is 10.2. The maximum Gasteiger partial charge on any atom is 0.254 e. The minimum atomic E-state index is -0.805. The van der Waals surface area contributed by atoms with Gasteiger partial charge in [0.15, 0.2) is 5.82 Å². The van der Waals surface area contributed by atoms with E-state index in [9.17, 15) is 9.90 Å². The first-order valence-electron chi connectivity index (χ1n) is 10.2. The summed E-state index contributed by atoms with van der Waals surface area (Å²) >= 11 is 0. The van der Waals surface area contributed by atoms with Crippen LogP contribution in [-0.4, -0.2) is 45.4 Å². The van der Waals surface area contributed by atoms with Crippen LogP contribution in [-0.2, 0) is 4.84 Å². The fourth-order valence-electron chi connectivity index (χ4n) is 3.64. The van der Waals surface area contributed by atoms with E-state index in [1.54, 1.807) is 4.90 Å². The summed E-state index contributed by atoms with van der Waals surface area (Å²) in [5, 5.41) is 17.9. The molecule has 0 aliphatic carbocycles. The van der Waals surface area contributed by atoms with Crippen LogP contribution in [0.15, 0.2) is 64.3 Å². The predicted molar refractivity (Wildman–Crippen MR) is 114 cm³/mol. The Kier molecular flexibility index (Phi) is 6.08. The van der Waals surface area contributed by atoms with Crippen LogP contribution in [0, 0.1) is 0 Å². The molecular formula is C23H24N4O4. The molecule has 31 heavy (non-hydrogen) atoms. The second-order valence-corrected chi connectivity index (χ2v) is 7.35. The summed E-state index contributed by atoms with van der Waals surface area (Å²) < 4.78 is 5.38. The second-order valence-electron chi connectivity index (χ2n) is 7.35. The lowest BCUT2D eigenvalue weighted by molar-refractivity contribution is 0.0713. The Morgan fingerprint density at radius 3 is 2.61 bits per heavy atom. The normalized spacial score (nSPS) is 18.4. The molecule has 2 unspecified atom stereocenters. The molecule has 2 aromatic carbocycles. The summed E-state index contributed by atoms with van der Waals surface area (Å²) in [6.45, 7) is 2.13. The number of oxime groups is 1.